The number of carbonyl (C=O) groups is 2. The fourth-order valence-electron chi connectivity index (χ4n) is 2.71. The summed E-state index contributed by atoms with van der Waals surface area (Å²) in [5, 5.41) is 15.0. The molecule has 1 aromatic heterocycles. The van der Waals surface area contributed by atoms with Crippen molar-refractivity contribution >= 4 is 17.5 Å². The summed E-state index contributed by atoms with van der Waals surface area (Å²) in [6.07, 6.45) is 1.38. The number of ether oxygens (including phenoxy) is 2. The SMILES string of the molecule is COc1cc(NC(=O)c2ccco2)c(C(=O)NCc2cccc(O)c2)cc1OC. The van der Waals surface area contributed by atoms with Gasteiger partial charge in [0.2, 0.25) is 0 Å². The van der Waals surface area contributed by atoms with Crippen LogP contribution in [0.2, 0.25) is 0 Å². The van der Waals surface area contributed by atoms with Gasteiger partial charge in [0.15, 0.2) is 17.3 Å². The van der Waals surface area contributed by atoms with Gasteiger partial charge in [-0.1, -0.05) is 12.1 Å². The van der Waals surface area contributed by atoms with Gasteiger partial charge in [0, 0.05) is 12.6 Å². The number of furan rings is 1. The normalized spacial score (nSPS) is 10.3. The van der Waals surface area contributed by atoms with Crippen LogP contribution in [0.1, 0.15) is 26.5 Å². The van der Waals surface area contributed by atoms with Gasteiger partial charge in [-0.05, 0) is 35.9 Å². The number of nitrogens with one attached hydrogen (secondary N) is 2. The zero-order valence-electron chi connectivity index (χ0n) is 15.9. The van der Waals surface area contributed by atoms with Crippen LogP contribution in [-0.2, 0) is 6.54 Å². The molecule has 0 aliphatic rings. The van der Waals surface area contributed by atoms with Crippen molar-refractivity contribution in [1.29, 1.82) is 0 Å². The van der Waals surface area contributed by atoms with Gasteiger partial charge in [-0.25, -0.2) is 0 Å². The molecule has 0 bridgehead atoms. The zero-order chi connectivity index (χ0) is 20.8. The maximum absolute atomic E-state index is 12.8. The van der Waals surface area contributed by atoms with Crippen molar-refractivity contribution in [2.45, 2.75) is 6.54 Å². The molecular weight excluding hydrogens is 376 g/mol. The number of anilines is 1. The van der Waals surface area contributed by atoms with Crippen LogP contribution in [0.4, 0.5) is 5.69 Å². The molecule has 8 nitrogen and oxygen atoms in total. The van der Waals surface area contributed by atoms with Crippen molar-refractivity contribution < 1.29 is 28.6 Å². The van der Waals surface area contributed by atoms with Crippen molar-refractivity contribution in [3.8, 4) is 17.2 Å². The second-order valence-electron chi connectivity index (χ2n) is 6.04. The lowest BCUT2D eigenvalue weighted by atomic mass is 10.1. The molecule has 0 atom stereocenters. The highest BCUT2D eigenvalue weighted by Gasteiger charge is 2.20. The summed E-state index contributed by atoms with van der Waals surface area (Å²) in [6.45, 7) is 0.188. The Morgan fingerprint density at radius 3 is 2.41 bits per heavy atom. The van der Waals surface area contributed by atoms with Gasteiger partial charge < -0.3 is 29.6 Å². The van der Waals surface area contributed by atoms with Crippen molar-refractivity contribution in [2.24, 2.45) is 0 Å². The van der Waals surface area contributed by atoms with Crippen molar-refractivity contribution in [2.75, 3.05) is 19.5 Å². The summed E-state index contributed by atoms with van der Waals surface area (Å²) >= 11 is 0. The summed E-state index contributed by atoms with van der Waals surface area (Å²) in [4.78, 5) is 25.2. The molecule has 0 radical (unpaired) electrons. The Labute approximate surface area is 167 Å². The molecule has 150 valence electrons. The molecule has 3 N–H and O–H groups in total. The first-order chi connectivity index (χ1) is 14.0. The van der Waals surface area contributed by atoms with Gasteiger partial charge in [0.25, 0.3) is 11.8 Å². The maximum atomic E-state index is 12.8. The summed E-state index contributed by atoms with van der Waals surface area (Å²) in [6, 6.07) is 12.6. The Hall–Kier alpha value is -3.94. The van der Waals surface area contributed by atoms with E-state index in [4.69, 9.17) is 13.9 Å². The minimum atomic E-state index is -0.510. The van der Waals surface area contributed by atoms with E-state index in [-0.39, 0.29) is 29.3 Å². The third-order valence-corrected chi connectivity index (χ3v) is 4.13. The average molecular weight is 396 g/mol. The summed E-state index contributed by atoms with van der Waals surface area (Å²) in [5.41, 5.74) is 1.14. The van der Waals surface area contributed by atoms with Crippen LogP contribution >= 0.6 is 0 Å². The van der Waals surface area contributed by atoms with Crippen molar-refractivity contribution in [1.82, 2.24) is 5.32 Å². The Bertz CT molecular complexity index is 1010. The van der Waals surface area contributed by atoms with Crippen LogP contribution in [0.25, 0.3) is 0 Å². The third-order valence-electron chi connectivity index (χ3n) is 4.13. The number of hydrogen-bond acceptors (Lipinski definition) is 6. The molecule has 0 fully saturated rings. The van der Waals surface area contributed by atoms with Gasteiger partial charge in [-0.3, -0.25) is 9.59 Å². The quantitative estimate of drug-likeness (QED) is 0.566. The highest BCUT2D eigenvalue weighted by Crippen LogP contribution is 2.33. The van der Waals surface area contributed by atoms with Crippen LogP contribution in [0.5, 0.6) is 17.2 Å². The molecular formula is C21H20N2O6. The second-order valence-corrected chi connectivity index (χ2v) is 6.04. The number of amides is 2. The largest absolute Gasteiger partial charge is 0.508 e. The molecule has 0 aliphatic carbocycles. The molecule has 29 heavy (non-hydrogen) atoms. The average Bonchev–Trinajstić information content (AvgIpc) is 3.26. The lowest BCUT2D eigenvalue weighted by Crippen LogP contribution is -2.25. The second kappa shape index (κ2) is 8.83. The first-order valence-corrected chi connectivity index (χ1v) is 8.68. The topological polar surface area (TPSA) is 110 Å². The first kappa shape index (κ1) is 19.8. The number of aromatic hydroxyl groups is 1. The fourth-order valence-corrected chi connectivity index (χ4v) is 2.71. The molecule has 2 aromatic carbocycles. The molecule has 2 amide bonds. The third kappa shape index (κ3) is 4.67. The van der Waals surface area contributed by atoms with Crippen molar-refractivity contribution in [3.05, 3.63) is 71.7 Å². The number of benzene rings is 2. The van der Waals surface area contributed by atoms with E-state index in [1.807, 2.05) is 0 Å². The molecule has 0 saturated heterocycles. The van der Waals surface area contributed by atoms with E-state index in [9.17, 15) is 14.7 Å². The molecule has 8 heteroatoms. The van der Waals surface area contributed by atoms with E-state index in [1.54, 1.807) is 30.3 Å². The van der Waals surface area contributed by atoms with Crippen LogP contribution < -0.4 is 20.1 Å². The van der Waals surface area contributed by atoms with Gasteiger partial charge >= 0.3 is 0 Å². The van der Waals surface area contributed by atoms with Crippen LogP contribution in [0.15, 0.2) is 59.2 Å². The standard InChI is InChI=1S/C21H20N2O6/c1-27-18-10-15(20(25)22-12-13-5-3-6-14(24)9-13)16(11-19(18)28-2)23-21(26)17-7-4-8-29-17/h3-11,24H,12H2,1-2H3,(H,22,25)(H,23,26). The smallest absolute Gasteiger partial charge is 0.291 e. The highest BCUT2D eigenvalue weighted by atomic mass is 16.5. The van der Waals surface area contributed by atoms with Gasteiger partial charge in [0.05, 0.1) is 31.7 Å². The van der Waals surface area contributed by atoms with Crippen LogP contribution in [0.3, 0.4) is 0 Å². The zero-order valence-corrected chi connectivity index (χ0v) is 15.9. The van der Waals surface area contributed by atoms with Crippen molar-refractivity contribution in [3.63, 3.8) is 0 Å². The van der Waals surface area contributed by atoms with E-state index in [0.717, 1.165) is 5.56 Å². The van der Waals surface area contributed by atoms with E-state index >= 15 is 0 Å². The lowest BCUT2D eigenvalue weighted by Gasteiger charge is -2.15. The first-order valence-electron chi connectivity index (χ1n) is 8.68. The van der Waals surface area contributed by atoms with E-state index in [1.165, 1.54) is 38.7 Å². The monoisotopic (exact) mass is 396 g/mol. The number of methoxy groups -OCH3 is 2. The molecule has 1 heterocycles. The Morgan fingerprint density at radius 2 is 1.76 bits per heavy atom. The van der Waals surface area contributed by atoms with E-state index < -0.39 is 11.8 Å². The van der Waals surface area contributed by atoms with Gasteiger partial charge in [-0.15, -0.1) is 0 Å². The summed E-state index contributed by atoms with van der Waals surface area (Å²) < 4.78 is 15.6. The fraction of sp³-hybridized carbons (Fsp3) is 0.143. The molecule has 3 aromatic rings. The summed E-state index contributed by atoms with van der Waals surface area (Å²) in [7, 11) is 2.91. The minimum absolute atomic E-state index is 0.103. The molecule has 0 saturated carbocycles. The van der Waals surface area contributed by atoms with Gasteiger partial charge in [0.1, 0.15) is 5.75 Å². The predicted octanol–water partition coefficient (Wildman–Crippen LogP) is 3.18. The predicted molar refractivity (Wildman–Crippen MR) is 105 cm³/mol. The van der Waals surface area contributed by atoms with Gasteiger partial charge in [-0.2, -0.15) is 0 Å². The Kier molecular flexibility index (Phi) is 6.03. The Balaban J connectivity index is 1.87. The van der Waals surface area contributed by atoms with Crippen LogP contribution in [0, 0.1) is 0 Å². The van der Waals surface area contributed by atoms with E-state index in [2.05, 4.69) is 10.6 Å². The molecule has 0 unspecified atom stereocenters. The molecule has 0 aliphatic heterocycles. The number of carbonyl (C=O) groups excluding carboxylic acids is 2. The number of hydrogen-bond donors (Lipinski definition) is 3. The number of phenolic OH excluding ortho intramolecular Hbond substituents is 1. The Morgan fingerprint density at radius 1 is 1.00 bits per heavy atom. The highest BCUT2D eigenvalue weighted by molar-refractivity contribution is 6.08. The van der Waals surface area contributed by atoms with E-state index in [0.29, 0.717) is 11.5 Å². The number of rotatable bonds is 7. The summed E-state index contributed by atoms with van der Waals surface area (Å²) in [5.74, 6) is -0.0498. The lowest BCUT2D eigenvalue weighted by molar-refractivity contribution is 0.0951. The maximum Gasteiger partial charge on any atom is 0.291 e. The molecule has 3 rings (SSSR count). The number of phenols is 1. The molecule has 0 spiro atoms. The van der Waals surface area contributed by atoms with Crippen LogP contribution in [-0.4, -0.2) is 31.1 Å². The minimum Gasteiger partial charge on any atom is -0.508 e.